The fraction of sp³-hybridized carbons (Fsp3) is 0.300. The summed E-state index contributed by atoms with van der Waals surface area (Å²) in [6.07, 6.45) is -2.39. The van der Waals surface area contributed by atoms with Crippen molar-refractivity contribution in [3.63, 3.8) is 0 Å². The van der Waals surface area contributed by atoms with E-state index in [1.807, 2.05) is 0 Å². The molecule has 144 valence electrons. The van der Waals surface area contributed by atoms with Gasteiger partial charge in [0.2, 0.25) is 0 Å². The summed E-state index contributed by atoms with van der Waals surface area (Å²) in [5.41, 5.74) is 2.30. The molecular formula is C20H18F4O2S. The minimum absolute atomic E-state index is 0.183. The second kappa shape index (κ2) is 7.11. The van der Waals surface area contributed by atoms with Crippen LogP contribution in [0.4, 0.5) is 17.6 Å². The van der Waals surface area contributed by atoms with Crippen molar-refractivity contribution in [3.8, 4) is 0 Å². The van der Waals surface area contributed by atoms with Crippen LogP contribution >= 0.6 is 0 Å². The highest BCUT2D eigenvalue weighted by Crippen LogP contribution is 2.44. The third-order valence-corrected chi connectivity index (χ3v) is 5.89. The molecule has 7 heteroatoms. The van der Waals surface area contributed by atoms with Crippen molar-refractivity contribution >= 4 is 21.0 Å². The molecule has 0 heterocycles. The summed E-state index contributed by atoms with van der Waals surface area (Å²) in [5.74, 6) is -0.230. The molecule has 0 spiro atoms. The summed E-state index contributed by atoms with van der Waals surface area (Å²) in [5, 5.41) is 0. The first kappa shape index (κ1) is 19.6. The van der Waals surface area contributed by atoms with Gasteiger partial charge in [-0.05, 0) is 65.3 Å². The zero-order valence-corrected chi connectivity index (χ0v) is 15.4. The number of hydrogen-bond acceptors (Lipinski definition) is 2. The molecule has 0 aromatic heterocycles. The lowest BCUT2D eigenvalue weighted by atomic mass is 9.96. The van der Waals surface area contributed by atoms with Crippen LogP contribution in [0.2, 0.25) is 0 Å². The van der Waals surface area contributed by atoms with E-state index in [4.69, 9.17) is 0 Å². The number of allylic oxidation sites excluding steroid dienone is 2. The molecule has 0 fully saturated rings. The maximum absolute atomic E-state index is 13.3. The van der Waals surface area contributed by atoms with Gasteiger partial charge in [-0.15, -0.1) is 0 Å². The van der Waals surface area contributed by atoms with E-state index in [0.717, 1.165) is 35.1 Å². The van der Waals surface area contributed by atoms with Gasteiger partial charge in [-0.25, -0.2) is 8.42 Å². The number of sulfone groups is 1. The summed E-state index contributed by atoms with van der Waals surface area (Å²) in [7, 11) is -3.33. The Labute approximate surface area is 155 Å². The van der Waals surface area contributed by atoms with Gasteiger partial charge in [0.1, 0.15) is 0 Å². The molecule has 2 aromatic rings. The van der Waals surface area contributed by atoms with E-state index in [-0.39, 0.29) is 10.8 Å². The molecule has 1 aliphatic carbocycles. The molecule has 1 atom stereocenters. The minimum Gasteiger partial charge on any atom is -0.251 e. The normalized spacial score (nSPS) is 18.2. The molecule has 0 amide bonds. The summed E-state index contributed by atoms with van der Waals surface area (Å²) in [4.78, 5) is 0.183. The third kappa shape index (κ3) is 4.24. The van der Waals surface area contributed by atoms with E-state index in [1.54, 1.807) is 12.1 Å². The van der Waals surface area contributed by atoms with Gasteiger partial charge < -0.3 is 0 Å². The van der Waals surface area contributed by atoms with Crippen molar-refractivity contribution < 1.29 is 26.0 Å². The molecule has 0 saturated carbocycles. The monoisotopic (exact) mass is 398 g/mol. The summed E-state index contributed by atoms with van der Waals surface area (Å²) in [6, 6.07) is 11.2. The number of hydrogen-bond donors (Lipinski definition) is 0. The lowest BCUT2D eigenvalue weighted by Crippen LogP contribution is -2.04. The Bertz CT molecular complexity index is 957. The van der Waals surface area contributed by atoms with Gasteiger partial charge in [0.05, 0.1) is 17.1 Å². The molecule has 0 bridgehead atoms. The zero-order chi connectivity index (χ0) is 19.8. The summed E-state index contributed by atoms with van der Waals surface area (Å²) >= 11 is 0. The second-order valence-electron chi connectivity index (χ2n) is 6.76. The largest absolute Gasteiger partial charge is 0.416 e. The van der Waals surface area contributed by atoms with E-state index in [0.29, 0.717) is 18.4 Å². The van der Waals surface area contributed by atoms with Gasteiger partial charge in [0, 0.05) is 6.26 Å². The third-order valence-electron chi connectivity index (χ3n) is 4.76. The van der Waals surface area contributed by atoms with Gasteiger partial charge in [0.15, 0.2) is 9.84 Å². The highest BCUT2D eigenvalue weighted by atomic mass is 32.2. The van der Waals surface area contributed by atoms with Gasteiger partial charge in [-0.1, -0.05) is 24.3 Å². The number of benzene rings is 2. The van der Waals surface area contributed by atoms with Gasteiger partial charge in [0.25, 0.3) is 0 Å². The van der Waals surface area contributed by atoms with Crippen LogP contribution in [0.25, 0.3) is 11.1 Å². The molecule has 27 heavy (non-hydrogen) atoms. The Morgan fingerprint density at radius 3 is 1.70 bits per heavy atom. The number of alkyl halides is 4. The van der Waals surface area contributed by atoms with Crippen LogP contribution in [-0.2, 0) is 16.0 Å². The fourth-order valence-corrected chi connectivity index (χ4v) is 3.98. The van der Waals surface area contributed by atoms with E-state index < -0.39 is 28.3 Å². The molecule has 1 unspecified atom stereocenters. The molecule has 2 aromatic carbocycles. The van der Waals surface area contributed by atoms with Crippen molar-refractivity contribution in [2.24, 2.45) is 5.92 Å². The molecule has 0 radical (unpaired) electrons. The van der Waals surface area contributed by atoms with Crippen LogP contribution in [-0.4, -0.2) is 21.3 Å². The van der Waals surface area contributed by atoms with Gasteiger partial charge >= 0.3 is 6.18 Å². The highest BCUT2D eigenvalue weighted by molar-refractivity contribution is 7.90. The first-order valence-electron chi connectivity index (χ1n) is 8.35. The first-order chi connectivity index (χ1) is 12.6. The molecule has 0 aliphatic heterocycles. The van der Waals surface area contributed by atoms with Crippen LogP contribution in [0, 0.1) is 5.92 Å². The van der Waals surface area contributed by atoms with Gasteiger partial charge in [-0.2, -0.15) is 13.2 Å². The van der Waals surface area contributed by atoms with Crippen LogP contribution in [0.3, 0.4) is 0 Å². The Morgan fingerprint density at radius 1 is 0.889 bits per heavy atom. The molecule has 0 N–H and O–H groups in total. The molecular weight excluding hydrogens is 380 g/mol. The summed E-state index contributed by atoms with van der Waals surface area (Å²) < 4.78 is 74.8. The maximum atomic E-state index is 13.3. The quantitative estimate of drug-likeness (QED) is 0.647. The average molecular weight is 398 g/mol. The number of rotatable bonds is 4. The lowest BCUT2D eigenvalue weighted by molar-refractivity contribution is -0.137. The fourth-order valence-electron chi connectivity index (χ4n) is 3.35. The van der Waals surface area contributed by atoms with Crippen LogP contribution < -0.4 is 0 Å². The maximum Gasteiger partial charge on any atom is 0.416 e. The predicted octanol–water partition coefficient (Wildman–Crippen LogP) is 5.40. The SMILES string of the molecule is CS(=O)(=O)c1ccc(C2=C(c3ccc(C(F)(F)F)cc3)CC(CF)C2)cc1. The lowest BCUT2D eigenvalue weighted by Gasteiger charge is -2.11. The van der Waals surface area contributed by atoms with E-state index >= 15 is 0 Å². The van der Waals surface area contributed by atoms with E-state index in [1.165, 1.54) is 24.3 Å². The highest BCUT2D eigenvalue weighted by Gasteiger charge is 2.31. The van der Waals surface area contributed by atoms with Crippen LogP contribution in [0.5, 0.6) is 0 Å². The standard InChI is InChI=1S/C20H18F4O2S/c1-27(25,26)17-8-4-15(5-9-17)19-11-13(12-21)10-18(19)14-2-6-16(7-3-14)20(22,23)24/h2-9,13H,10-12H2,1H3. The number of halogens is 4. The topological polar surface area (TPSA) is 34.1 Å². The first-order valence-corrected chi connectivity index (χ1v) is 10.2. The Morgan fingerprint density at radius 2 is 1.33 bits per heavy atom. The summed E-state index contributed by atoms with van der Waals surface area (Å²) in [6.45, 7) is -0.519. The van der Waals surface area contributed by atoms with E-state index in [9.17, 15) is 26.0 Å². The van der Waals surface area contributed by atoms with Crippen LogP contribution in [0.1, 0.15) is 29.5 Å². The van der Waals surface area contributed by atoms with Crippen LogP contribution in [0.15, 0.2) is 53.4 Å². The minimum atomic E-state index is -4.41. The Hall–Kier alpha value is -2.15. The molecule has 0 saturated heterocycles. The molecule has 2 nitrogen and oxygen atoms in total. The molecule has 3 rings (SSSR count). The van der Waals surface area contributed by atoms with Crippen molar-refractivity contribution in [2.45, 2.75) is 23.9 Å². The Kier molecular flexibility index (Phi) is 5.16. The van der Waals surface area contributed by atoms with Crippen molar-refractivity contribution in [2.75, 3.05) is 12.9 Å². The Balaban J connectivity index is 2.01. The molecule has 1 aliphatic rings. The van der Waals surface area contributed by atoms with Crippen molar-refractivity contribution in [3.05, 3.63) is 65.2 Å². The predicted molar refractivity (Wildman–Crippen MR) is 96.5 cm³/mol. The average Bonchev–Trinajstić information content (AvgIpc) is 3.05. The van der Waals surface area contributed by atoms with Gasteiger partial charge in [-0.3, -0.25) is 4.39 Å². The smallest absolute Gasteiger partial charge is 0.251 e. The zero-order valence-electron chi connectivity index (χ0n) is 14.6. The second-order valence-corrected chi connectivity index (χ2v) is 8.77. The van der Waals surface area contributed by atoms with Crippen molar-refractivity contribution in [1.29, 1.82) is 0 Å². The van der Waals surface area contributed by atoms with Crippen molar-refractivity contribution in [1.82, 2.24) is 0 Å². The van der Waals surface area contributed by atoms with E-state index in [2.05, 4.69) is 0 Å².